The van der Waals surface area contributed by atoms with Crippen molar-refractivity contribution in [3.05, 3.63) is 47.6 Å². The van der Waals surface area contributed by atoms with Gasteiger partial charge in [0.15, 0.2) is 11.5 Å². The maximum Gasteiger partial charge on any atom is 0.278 e. The molecule has 7 nitrogen and oxygen atoms in total. The van der Waals surface area contributed by atoms with Crippen molar-refractivity contribution in [1.29, 1.82) is 0 Å². The lowest BCUT2D eigenvalue weighted by atomic mass is 9.71. The Morgan fingerprint density at radius 1 is 1.33 bits per heavy atom. The van der Waals surface area contributed by atoms with Crippen LogP contribution in [-0.2, 0) is 12.8 Å². The molecule has 2 aromatic heterocycles. The van der Waals surface area contributed by atoms with Gasteiger partial charge in [-0.2, -0.15) is 5.10 Å². The monoisotopic (exact) mass is 365 g/mol. The summed E-state index contributed by atoms with van der Waals surface area (Å²) in [4.78, 5) is 17.0. The molecule has 1 aromatic carbocycles. The second-order valence-corrected chi connectivity index (χ2v) is 8.11. The molecule has 0 saturated carbocycles. The largest absolute Gasteiger partial charge is 0.360 e. The first-order chi connectivity index (χ1) is 12.9. The Balaban J connectivity index is 1.55. The summed E-state index contributed by atoms with van der Waals surface area (Å²) < 4.78 is 5.46. The quantitative estimate of drug-likeness (QED) is 0.734. The van der Waals surface area contributed by atoms with E-state index in [-0.39, 0.29) is 11.3 Å². The zero-order valence-electron chi connectivity index (χ0n) is 15.7. The van der Waals surface area contributed by atoms with Crippen molar-refractivity contribution in [3.63, 3.8) is 0 Å². The lowest BCUT2D eigenvalue weighted by Crippen LogP contribution is -2.27. The molecule has 2 N–H and O–H groups in total. The predicted octanol–water partition coefficient (Wildman–Crippen LogP) is 3.86. The van der Waals surface area contributed by atoms with Gasteiger partial charge in [-0.15, -0.1) is 0 Å². The predicted molar refractivity (Wildman–Crippen MR) is 101 cm³/mol. The van der Waals surface area contributed by atoms with E-state index in [4.69, 9.17) is 4.52 Å². The molecular weight excluding hydrogens is 342 g/mol. The molecule has 4 rings (SSSR count). The summed E-state index contributed by atoms with van der Waals surface area (Å²) in [5.41, 5.74) is 3.05. The number of nitrogens with one attached hydrogen (secondary N) is 2. The minimum Gasteiger partial charge on any atom is -0.360 e. The van der Waals surface area contributed by atoms with Crippen LogP contribution in [0.3, 0.4) is 0 Å². The Bertz CT molecular complexity index is 953. The van der Waals surface area contributed by atoms with Gasteiger partial charge < -0.3 is 9.84 Å². The molecule has 1 amide bonds. The first-order valence-corrected chi connectivity index (χ1v) is 9.16. The number of aromatic nitrogens is 4. The lowest BCUT2D eigenvalue weighted by molar-refractivity contribution is 0.101. The number of carbonyl (C=O) groups excluding carboxylic acids is 1. The van der Waals surface area contributed by atoms with Crippen LogP contribution in [0.15, 0.2) is 35.1 Å². The van der Waals surface area contributed by atoms with Gasteiger partial charge in [0.2, 0.25) is 0 Å². The fourth-order valence-corrected chi connectivity index (χ4v) is 3.60. The van der Waals surface area contributed by atoms with Gasteiger partial charge in [-0.3, -0.25) is 9.89 Å². The highest BCUT2D eigenvalue weighted by Gasteiger charge is 2.34. The zero-order chi connectivity index (χ0) is 19.0. The van der Waals surface area contributed by atoms with Crippen LogP contribution in [0.5, 0.6) is 0 Å². The van der Waals surface area contributed by atoms with Crippen molar-refractivity contribution in [3.8, 4) is 11.4 Å². The summed E-state index contributed by atoms with van der Waals surface area (Å²) in [7, 11) is 0. The van der Waals surface area contributed by atoms with Gasteiger partial charge in [0, 0.05) is 23.2 Å². The maximum atomic E-state index is 12.8. The topological polar surface area (TPSA) is 96.7 Å². The van der Waals surface area contributed by atoms with E-state index in [0.717, 1.165) is 36.1 Å². The van der Waals surface area contributed by atoms with E-state index in [1.54, 1.807) is 0 Å². The van der Waals surface area contributed by atoms with Crippen molar-refractivity contribution in [2.75, 3.05) is 5.32 Å². The fraction of sp³-hybridized carbons (Fsp3) is 0.400. The third-order valence-corrected chi connectivity index (χ3v) is 5.29. The third-order valence-electron chi connectivity index (χ3n) is 5.29. The molecule has 1 atom stereocenters. The molecule has 1 aliphatic carbocycles. The molecular formula is C20H23N5O2. The second kappa shape index (κ2) is 6.64. The van der Waals surface area contributed by atoms with Crippen LogP contribution in [0.4, 0.5) is 5.69 Å². The van der Waals surface area contributed by atoms with Gasteiger partial charge in [0.25, 0.3) is 5.91 Å². The van der Waals surface area contributed by atoms with Crippen LogP contribution in [0.1, 0.15) is 49.0 Å². The molecule has 1 aliphatic rings. The van der Waals surface area contributed by atoms with E-state index < -0.39 is 0 Å². The number of nitrogens with zero attached hydrogens (tertiary/aromatic N) is 3. The number of aryl methyl sites for hydroxylation is 1. The summed E-state index contributed by atoms with van der Waals surface area (Å²) >= 11 is 0. The Morgan fingerprint density at radius 3 is 2.93 bits per heavy atom. The molecule has 0 spiro atoms. The molecule has 140 valence electrons. The highest BCUT2D eigenvalue weighted by Crippen LogP contribution is 2.38. The van der Waals surface area contributed by atoms with Crippen molar-refractivity contribution < 1.29 is 9.32 Å². The summed E-state index contributed by atoms with van der Waals surface area (Å²) in [6.45, 7) is 6.72. The smallest absolute Gasteiger partial charge is 0.278 e. The minimum atomic E-state index is -0.246. The average molecular weight is 365 g/mol. The maximum absolute atomic E-state index is 12.8. The number of fused-ring (bicyclic) bond motifs is 1. The number of hydrogen-bond acceptors (Lipinski definition) is 5. The van der Waals surface area contributed by atoms with Gasteiger partial charge in [0.05, 0.1) is 0 Å². The number of rotatable bonds is 3. The molecule has 0 saturated heterocycles. The van der Waals surface area contributed by atoms with E-state index in [1.165, 1.54) is 6.33 Å². The summed E-state index contributed by atoms with van der Waals surface area (Å²) in [6.07, 6.45) is 4.17. The van der Waals surface area contributed by atoms with E-state index in [0.29, 0.717) is 23.1 Å². The van der Waals surface area contributed by atoms with E-state index in [2.05, 4.69) is 46.4 Å². The van der Waals surface area contributed by atoms with Crippen LogP contribution in [-0.4, -0.2) is 26.2 Å². The molecule has 7 heteroatoms. The van der Waals surface area contributed by atoms with Crippen LogP contribution in [0.2, 0.25) is 0 Å². The first-order valence-electron chi connectivity index (χ1n) is 9.16. The first kappa shape index (κ1) is 17.5. The van der Waals surface area contributed by atoms with E-state index in [1.807, 2.05) is 24.3 Å². The number of amides is 1. The Morgan fingerprint density at radius 2 is 2.19 bits per heavy atom. The molecule has 0 radical (unpaired) electrons. The van der Waals surface area contributed by atoms with Crippen molar-refractivity contribution >= 4 is 11.6 Å². The molecule has 2 heterocycles. The summed E-state index contributed by atoms with van der Waals surface area (Å²) in [6, 6.07) is 7.45. The Labute approximate surface area is 157 Å². The SMILES string of the molecule is CC(C)(C)[C@@H]1CCc2onc(C(=O)Nc3cccc(-c4ncn[nH]4)c3)c2C1. The molecule has 27 heavy (non-hydrogen) atoms. The number of hydrogen-bond donors (Lipinski definition) is 2. The van der Waals surface area contributed by atoms with Gasteiger partial charge in [-0.05, 0) is 36.3 Å². The number of carbonyl (C=O) groups is 1. The molecule has 0 aliphatic heterocycles. The number of H-pyrrole nitrogens is 1. The van der Waals surface area contributed by atoms with Gasteiger partial charge in [0.1, 0.15) is 12.1 Å². The van der Waals surface area contributed by atoms with E-state index >= 15 is 0 Å². The van der Waals surface area contributed by atoms with E-state index in [9.17, 15) is 4.79 Å². The Kier molecular flexibility index (Phi) is 4.30. The van der Waals surface area contributed by atoms with Crippen molar-refractivity contribution in [2.24, 2.45) is 11.3 Å². The lowest BCUT2D eigenvalue weighted by Gasteiger charge is -2.33. The summed E-state index contributed by atoms with van der Waals surface area (Å²) in [5, 5.41) is 13.7. The van der Waals surface area contributed by atoms with Gasteiger partial charge in [-0.25, -0.2) is 4.98 Å². The number of benzene rings is 1. The van der Waals surface area contributed by atoms with Crippen LogP contribution < -0.4 is 5.32 Å². The highest BCUT2D eigenvalue weighted by atomic mass is 16.5. The van der Waals surface area contributed by atoms with Crippen LogP contribution in [0, 0.1) is 11.3 Å². The molecule has 0 bridgehead atoms. The number of aromatic amines is 1. The van der Waals surface area contributed by atoms with Gasteiger partial charge >= 0.3 is 0 Å². The minimum absolute atomic E-state index is 0.189. The zero-order valence-corrected chi connectivity index (χ0v) is 15.7. The standard InChI is InChI=1S/C20H23N5O2/c1-20(2,3)13-7-8-16-15(10-13)17(25-27-16)19(26)23-14-6-4-5-12(9-14)18-21-11-22-24-18/h4-6,9,11,13H,7-8,10H2,1-3H3,(H,23,26)(H,21,22,24)/t13-/m1/s1. The summed E-state index contributed by atoms with van der Waals surface area (Å²) in [5.74, 6) is 1.75. The average Bonchev–Trinajstić information content (AvgIpc) is 3.30. The second-order valence-electron chi connectivity index (χ2n) is 8.11. The molecule has 3 aromatic rings. The van der Waals surface area contributed by atoms with Crippen molar-refractivity contribution in [2.45, 2.75) is 40.0 Å². The third kappa shape index (κ3) is 3.49. The molecule has 0 unspecified atom stereocenters. The van der Waals surface area contributed by atoms with Crippen LogP contribution >= 0.6 is 0 Å². The number of anilines is 1. The normalized spacial score (nSPS) is 16.8. The fourth-order valence-electron chi connectivity index (χ4n) is 3.60. The van der Waals surface area contributed by atoms with Crippen molar-refractivity contribution in [1.82, 2.24) is 20.3 Å². The molecule has 0 fully saturated rings. The van der Waals surface area contributed by atoms with Crippen LogP contribution in [0.25, 0.3) is 11.4 Å². The highest BCUT2D eigenvalue weighted by molar-refractivity contribution is 6.04. The van der Waals surface area contributed by atoms with Gasteiger partial charge in [-0.1, -0.05) is 38.1 Å². The Hall–Kier alpha value is -2.96.